The fraction of sp³-hybridized carbons (Fsp3) is 0.381. The van der Waals surface area contributed by atoms with Crippen LogP contribution in [0.2, 0.25) is 5.02 Å². The van der Waals surface area contributed by atoms with Gasteiger partial charge in [-0.25, -0.2) is 8.42 Å². The topological polar surface area (TPSA) is 84.9 Å². The van der Waals surface area contributed by atoms with Gasteiger partial charge in [0.2, 0.25) is 0 Å². The van der Waals surface area contributed by atoms with E-state index in [1.54, 1.807) is 17.0 Å². The third-order valence-electron chi connectivity index (χ3n) is 5.01. The van der Waals surface area contributed by atoms with Crippen molar-refractivity contribution in [2.24, 2.45) is 0 Å². The molecular weight excluding hydrogens is 428 g/mol. The van der Waals surface area contributed by atoms with Crippen LogP contribution in [0.15, 0.2) is 41.3 Å². The Bertz CT molecular complexity index is 1020. The molecule has 2 aromatic rings. The Kier molecular flexibility index (Phi) is 7.10. The van der Waals surface area contributed by atoms with Crippen LogP contribution < -0.4 is 14.2 Å². The average Bonchev–Trinajstić information content (AvgIpc) is 3.02. The zero-order valence-corrected chi connectivity index (χ0v) is 18.6. The Hall–Kier alpha value is -2.45. The average molecular weight is 453 g/mol. The number of benzene rings is 2. The molecule has 0 aromatic heterocycles. The highest BCUT2D eigenvalue weighted by Crippen LogP contribution is 2.30. The molecule has 1 amide bonds. The second-order valence-electron chi connectivity index (χ2n) is 7.02. The van der Waals surface area contributed by atoms with E-state index in [9.17, 15) is 13.2 Å². The van der Waals surface area contributed by atoms with E-state index >= 15 is 0 Å². The Morgan fingerprint density at radius 1 is 0.967 bits per heavy atom. The molecule has 0 bridgehead atoms. The highest BCUT2D eigenvalue weighted by molar-refractivity contribution is 7.92. The molecule has 0 atom stereocenters. The maximum atomic E-state index is 13.1. The summed E-state index contributed by atoms with van der Waals surface area (Å²) in [6.45, 7) is 1.31. The van der Waals surface area contributed by atoms with Crippen LogP contribution >= 0.6 is 11.6 Å². The lowest BCUT2D eigenvalue weighted by molar-refractivity contribution is 0.0758. The van der Waals surface area contributed by atoms with Crippen molar-refractivity contribution in [3.8, 4) is 11.5 Å². The van der Waals surface area contributed by atoms with Gasteiger partial charge in [0.15, 0.2) is 0 Å². The molecule has 1 saturated heterocycles. The summed E-state index contributed by atoms with van der Waals surface area (Å²) in [6, 6.07) is 8.86. The maximum absolute atomic E-state index is 13.1. The number of hydrogen-bond acceptors (Lipinski definition) is 5. The van der Waals surface area contributed by atoms with E-state index in [0.29, 0.717) is 24.6 Å². The minimum absolute atomic E-state index is 0.0339. The third-order valence-corrected chi connectivity index (χ3v) is 6.68. The molecule has 0 aliphatic carbocycles. The Balaban J connectivity index is 1.90. The summed E-state index contributed by atoms with van der Waals surface area (Å²) in [5.41, 5.74) is 0.520. The Labute approximate surface area is 182 Å². The van der Waals surface area contributed by atoms with Gasteiger partial charge in [-0.2, -0.15) is 0 Å². The van der Waals surface area contributed by atoms with Crippen LogP contribution in [0.4, 0.5) is 5.69 Å². The van der Waals surface area contributed by atoms with Gasteiger partial charge in [0.05, 0.1) is 35.4 Å². The second kappa shape index (κ2) is 9.57. The van der Waals surface area contributed by atoms with Crippen LogP contribution in [0.5, 0.6) is 11.5 Å². The molecule has 1 fully saturated rings. The van der Waals surface area contributed by atoms with Gasteiger partial charge < -0.3 is 14.4 Å². The van der Waals surface area contributed by atoms with Crippen LogP contribution in [0.1, 0.15) is 36.0 Å². The normalized spacial score (nSPS) is 14.7. The first kappa shape index (κ1) is 22.2. The summed E-state index contributed by atoms with van der Waals surface area (Å²) in [7, 11) is -1.01. The number of anilines is 1. The number of likely N-dealkylation sites (tertiary alicyclic amines) is 1. The number of carbonyl (C=O) groups excluding carboxylic acids is 1. The zero-order valence-electron chi connectivity index (χ0n) is 17.0. The SMILES string of the molecule is COc1ccc(NS(=O)(=O)c2ccc(OC)c(C(=O)N3CCCCCC3)c2)cc1Cl. The molecule has 30 heavy (non-hydrogen) atoms. The summed E-state index contributed by atoms with van der Waals surface area (Å²) in [4.78, 5) is 14.8. The summed E-state index contributed by atoms with van der Waals surface area (Å²) in [5, 5.41) is 0.282. The van der Waals surface area contributed by atoms with Gasteiger partial charge in [-0.05, 0) is 49.2 Å². The van der Waals surface area contributed by atoms with E-state index < -0.39 is 10.0 Å². The van der Waals surface area contributed by atoms with Crippen LogP contribution in [-0.4, -0.2) is 46.5 Å². The first-order valence-corrected chi connectivity index (χ1v) is 11.6. The quantitative estimate of drug-likeness (QED) is 0.710. The van der Waals surface area contributed by atoms with Crippen molar-refractivity contribution in [2.45, 2.75) is 30.6 Å². The number of nitrogens with zero attached hydrogens (tertiary/aromatic N) is 1. The number of methoxy groups -OCH3 is 2. The molecule has 1 aliphatic rings. The molecule has 0 unspecified atom stereocenters. The number of carbonyl (C=O) groups is 1. The van der Waals surface area contributed by atoms with Crippen molar-refractivity contribution < 1.29 is 22.7 Å². The summed E-state index contributed by atoms with van der Waals surface area (Å²) in [5.74, 6) is 0.559. The van der Waals surface area contributed by atoms with Crippen LogP contribution in [0, 0.1) is 0 Å². The van der Waals surface area contributed by atoms with Gasteiger partial charge in [0, 0.05) is 13.1 Å². The Morgan fingerprint density at radius 2 is 1.60 bits per heavy atom. The highest BCUT2D eigenvalue weighted by atomic mass is 35.5. The number of nitrogens with one attached hydrogen (secondary N) is 1. The van der Waals surface area contributed by atoms with Gasteiger partial charge in [0.1, 0.15) is 11.5 Å². The molecule has 7 nitrogen and oxygen atoms in total. The number of halogens is 1. The first-order valence-electron chi connectivity index (χ1n) is 9.69. The van der Waals surface area contributed by atoms with Crippen molar-refractivity contribution in [2.75, 3.05) is 32.0 Å². The predicted octanol–water partition coefficient (Wildman–Crippen LogP) is 4.17. The number of hydrogen-bond donors (Lipinski definition) is 1. The summed E-state index contributed by atoms with van der Waals surface area (Å²) < 4.78 is 38.7. The number of sulfonamides is 1. The molecule has 0 spiro atoms. The largest absolute Gasteiger partial charge is 0.496 e. The van der Waals surface area contributed by atoms with Gasteiger partial charge in [-0.15, -0.1) is 0 Å². The fourth-order valence-corrected chi connectivity index (χ4v) is 4.74. The lowest BCUT2D eigenvalue weighted by atomic mass is 10.1. The van der Waals surface area contributed by atoms with E-state index in [4.69, 9.17) is 21.1 Å². The van der Waals surface area contributed by atoms with E-state index in [-0.39, 0.29) is 27.1 Å². The maximum Gasteiger partial charge on any atom is 0.261 e. The summed E-state index contributed by atoms with van der Waals surface area (Å²) in [6.07, 6.45) is 4.05. The molecule has 1 N–H and O–H groups in total. The smallest absolute Gasteiger partial charge is 0.261 e. The van der Waals surface area contributed by atoms with Crippen molar-refractivity contribution in [3.63, 3.8) is 0 Å². The third kappa shape index (κ3) is 4.99. The van der Waals surface area contributed by atoms with Crippen molar-refractivity contribution in [3.05, 3.63) is 47.0 Å². The van der Waals surface area contributed by atoms with Crippen molar-refractivity contribution in [1.29, 1.82) is 0 Å². The minimum Gasteiger partial charge on any atom is -0.496 e. The van der Waals surface area contributed by atoms with E-state index in [2.05, 4.69) is 4.72 Å². The van der Waals surface area contributed by atoms with Gasteiger partial charge in [-0.3, -0.25) is 9.52 Å². The lowest BCUT2D eigenvalue weighted by Gasteiger charge is -2.22. The predicted molar refractivity (Wildman–Crippen MR) is 116 cm³/mol. The lowest BCUT2D eigenvalue weighted by Crippen LogP contribution is -2.32. The molecule has 2 aromatic carbocycles. The number of amides is 1. The van der Waals surface area contributed by atoms with Gasteiger partial charge in [0.25, 0.3) is 15.9 Å². The molecule has 0 radical (unpaired) electrons. The molecule has 3 rings (SSSR count). The van der Waals surface area contributed by atoms with Crippen LogP contribution in [-0.2, 0) is 10.0 Å². The molecule has 162 valence electrons. The number of rotatable bonds is 6. The molecule has 0 saturated carbocycles. The van der Waals surface area contributed by atoms with Crippen molar-refractivity contribution in [1.82, 2.24) is 4.90 Å². The fourth-order valence-electron chi connectivity index (χ4n) is 3.41. The van der Waals surface area contributed by atoms with Gasteiger partial charge >= 0.3 is 0 Å². The number of ether oxygens (including phenoxy) is 2. The minimum atomic E-state index is -3.94. The molecule has 9 heteroatoms. The Morgan fingerprint density at radius 3 is 2.20 bits per heavy atom. The first-order chi connectivity index (χ1) is 14.4. The zero-order chi connectivity index (χ0) is 21.7. The second-order valence-corrected chi connectivity index (χ2v) is 9.11. The van der Waals surface area contributed by atoms with Gasteiger partial charge in [-0.1, -0.05) is 24.4 Å². The van der Waals surface area contributed by atoms with Crippen LogP contribution in [0.3, 0.4) is 0 Å². The summed E-state index contributed by atoms with van der Waals surface area (Å²) >= 11 is 6.08. The highest BCUT2D eigenvalue weighted by Gasteiger charge is 2.24. The van der Waals surface area contributed by atoms with E-state index in [1.165, 1.54) is 38.5 Å². The molecule has 1 heterocycles. The molecular formula is C21H25ClN2O5S. The van der Waals surface area contributed by atoms with Crippen LogP contribution in [0.25, 0.3) is 0 Å². The van der Waals surface area contributed by atoms with E-state index in [0.717, 1.165) is 25.7 Å². The monoisotopic (exact) mass is 452 g/mol. The van der Waals surface area contributed by atoms with E-state index in [1.807, 2.05) is 0 Å². The standard InChI is InChI=1S/C21H25ClN2O5S/c1-28-19-10-8-16(14-17(19)21(25)24-11-5-3-4-6-12-24)30(26,27)23-15-7-9-20(29-2)18(22)13-15/h7-10,13-14,23H,3-6,11-12H2,1-2H3. The molecule has 1 aliphatic heterocycles. The van der Waals surface area contributed by atoms with Crippen molar-refractivity contribution >= 4 is 33.2 Å².